The largest absolute Gasteiger partial charge is 0.468 e. The minimum atomic E-state index is -0.364. The average Bonchev–Trinajstić information content (AvgIpc) is 2.83. The zero-order chi connectivity index (χ0) is 12.3. The van der Waals surface area contributed by atoms with Crippen LogP contribution in [-0.4, -0.2) is 4.92 Å². The van der Waals surface area contributed by atoms with Crippen LogP contribution in [0.4, 0.5) is 5.69 Å². The maximum Gasteiger partial charge on any atom is 0.282 e. The van der Waals surface area contributed by atoms with Crippen LogP contribution < -0.4 is 0 Å². The van der Waals surface area contributed by atoms with Gasteiger partial charge in [-0.15, -0.1) is 11.8 Å². The van der Waals surface area contributed by atoms with E-state index in [2.05, 4.69) is 0 Å². The molecule has 1 atom stereocenters. The Morgan fingerprint density at radius 3 is 2.71 bits per heavy atom. The fraction of sp³-hybridized carbons (Fsp3) is 0.167. The van der Waals surface area contributed by atoms with Crippen molar-refractivity contribution in [3.63, 3.8) is 0 Å². The second kappa shape index (κ2) is 5.05. The van der Waals surface area contributed by atoms with E-state index in [1.54, 1.807) is 24.5 Å². The molecule has 0 aliphatic carbocycles. The third kappa shape index (κ3) is 2.68. The number of nitro benzene ring substituents is 1. The van der Waals surface area contributed by atoms with Crippen molar-refractivity contribution >= 4 is 17.4 Å². The number of benzene rings is 1. The minimum absolute atomic E-state index is 0.0473. The standard InChI is InChI=1S/C12H11NO3S/c1-9(11-6-4-8-16-11)17-12-7-3-2-5-10(12)13(14)15/h2-9H,1H3. The Morgan fingerprint density at radius 2 is 2.06 bits per heavy atom. The molecule has 0 aliphatic rings. The number of para-hydroxylation sites is 1. The monoisotopic (exact) mass is 249 g/mol. The lowest BCUT2D eigenvalue weighted by molar-refractivity contribution is -0.387. The van der Waals surface area contributed by atoms with E-state index in [4.69, 9.17) is 4.42 Å². The van der Waals surface area contributed by atoms with Gasteiger partial charge in [0.1, 0.15) is 5.76 Å². The SMILES string of the molecule is CC(Sc1ccccc1[N+](=O)[O-])c1ccco1. The normalized spacial score (nSPS) is 12.3. The van der Waals surface area contributed by atoms with E-state index < -0.39 is 0 Å². The van der Waals surface area contributed by atoms with Gasteiger partial charge in [-0.05, 0) is 25.1 Å². The quantitative estimate of drug-likeness (QED) is 0.466. The maximum atomic E-state index is 10.9. The molecule has 1 unspecified atom stereocenters. The predicted molar refractivity (Wildman–Crippen MR) is 66.1 cm³/mol. The van der Waals surface area contributed by atoms with Gasteiger partial charge in [-0.3, -0.25) is 10.1 Å². The predicted octanol–water partition coefficient (Wildman–Crippen LogP) is 4.04. The molecule has 2 aromatic rings. The molecule has 1 heterocycles. The van der Waals surface area contributed by atoms with Gasteiger partial charge in [0.25, 0.3) is 5.69 Å². The number of hydrogen-bond acceptors (Lipinski definition) is 4. The Labute approximate surface area is 103 Å². The third-order valence-electron chi connectivity index (χ3n) is 2.31. The molecule has 4 nitrogen and oxygen atoms in total. The topological polar surface area (TPSA) is 56.3 Å². The minimum Gasteiger partial charge on any atom is -0.468 e. The number of nitrogens with zero attached hydrogens (tertiary/aromatic N) is 1. The van der Waals surface area contributed by atoms with Gasteiger partial charge >= 0.3 is 0 Å². The zero-order valence-electron chi connectivity index (χ0n) is 9.20. The highest BCUT2D eigenvalue weighted by atomic mass is 32.2. The van der Waals surface area contributed by atoms with Crippen molar-refractivity contribution in [2.75, 3.05) is 0 Å². The lowest BCUT2D eigenvalue weighted by Crippen LogP contribution is -1.92. The van der Waals surface area contributed by atoms with Crippen molar-refractivity contribution in [1.82, 2.24) is 0 Å². The van der Waals surface area contributed by atoms with Crippen LogP contribution >= 0.6 is 11.8 Å². The molecular formula is C12H11NO3S. The van der Waals surface area contributed by atoms with Crippen LogP contribution in [0.25, 0.3) is 0 Å². The second-order valence-electron chi connectivity index (χ2n) is 3.50. The smallest absolute Gasteiger partial charge is 0.282 e. The Bertz CT molecular complexity index is 510. The molecule has 88 valence electrons. The van der Waals surface area contributed by atoms with E-state index in [0.717, 1.165) is 5.76 Å². The van der Waals surface area contributed by atoms with Gasteiger partial charge in [-0.25, -0.2) is 0 Å². The summed E-state index contributed by atoms with van der Waals surface area (Å²) in [5, 5.41) is 10.9. The van der Waals surface area contributed by atoms with Gasteiger partial charge < -0.3 is 4.42 Å². The van der Waals surface area contributed by atoms with Crippen LogP contribution in [0, 0.1) is 10.1 Å². The van der Waals surface area contributed by atoms with E-state index in [1.165, 1.54) is 17.8 Å². The lowest BCUT2D eigenvalue weighted by Gasteiger charge is -2.08. The molecule has 2 rings (SSSR count). The summed E-state index contributed by atoms with van der Waals surface area (Å²) in [5.41, 5.74) is 0.135. The van der Waals surface area contributed by atoms with Crippen LogP contribution in [0.15, 0.2) is 52.0 Å². The number of rotatable bonds is 4. The summed E-state index contributed by atoms with van der Waals surface area (Å²) in [6.45, 7) is 1.96. The second-order valence-corrected chi connectivity index (χ2v) is 4.88. The highest BCUT2D eigenvalue weighted by Gasteiger charge is 2.17. The first kappa shape index (κ1) is 11.7. The highest BCUT2D eigenvalue weighted by molar-refractivity contribution is 7.99. The number of thioether (sulfide) groups is 1. The van der Waals surface area contributed by atoms with Crippen LogP contribution in [0.2, 0.25) is 0 Å². The summed E-state index contributed by atoms with van der Waals surface area (Å²) in [4.78, 5) is 11.1. The summed E-state index contributed by atoms with van der Waals surface area (Å²) < 4.78 is 5.28. The molecule has 0 N–H and O–H groups in total. The molecule has 17 heavy (non-hydrogen) atoms. The number of nitro groups is 1. The van der Waals surface area contributed by atoms with Gasteiger partial charge in [0.15, 0.2) is 0 Å². The lowest BCUT2D eigenvalue weighted by atomic mass is 10.3. The average molecular weight is 249 g/mol. The van der Waals surface area contributed by atoms with Crippen LogP contribution in [0.5, 0.6) is 0 Å². The Hall–Kier alpha value is -1.75. The Morgan fingerprint density at radius 1 is 1.29 bits per heavy atom. The van der Waals surface area contributed by atoms with E-state index in [-0.39, 0.29) is 15.9 Å². The van der Waals surface area contributed by atoms with E-state index in [1.807, 2.05) is 19.1 Å². The summed E-state index contributed by atoms with van der Waals surface area (Å²) in [5.74, 6) is 0.813. The fourth-order valence-corrected chi connectivity index (χ4v) is 2.53. The van der Waals surface area contributed by atoms with Crippen LogP contribution in [-0.2, 0) is 0 Å². The first-order valence-corrected chi connectivity index (χ1v) is 6.00. The van der Waals surface area contributed by atoms with Crippen molar-refractivity contribution < 1.29 is 9.34 Å². The summed E-state index contributed by atoms with van der Waals surface area (Å²) in [6, 6.07) is 10.4. The molecular weight excluding hydrogens is 238 g/mol. The van der Waals surface area contributed by atoms with Crippen molar-refractivity contribution in [3.05, 3.63) is 58.5 Å². The Balaban J connectivity index is 2.21. The van der Waals surface area contributed by atoms with Gasteiger partial charge in [0, 0.05) is 6.07 Å². The molecule has 5 heteroatoms. The van der Waals surface area contributed by atoms with E-state index >= 15 is 0 Å². The van der Waals surface area contributed by atoms with Gasteiger partial charge in [0.2, 0.25) is 0 Å². The number of furan rings is 1. The van der Waals surface area contributed by atoms with Gasteiger partial charge in [-0.1, -0.05) is 12.1 Å². The Kier molecular flexibility index (Phi) is 3.49. The van der Waals surface area contributed by atoms with Crippen molar-refractivity contribution in [3.8, 4) is 0 Å². The molecule has 0 saturated carbocycles. The molecule has 0 fully saturated rings. The van der Waals surface area contributed by atoms with Crippen molar-refractivity contribution in [1.29, 1.82) is 0 Å². The molecule has 0 saturated heterocycles. The van der Waals surface area contributed by atoms with E-state index in [9.17, 15) is 10.1 Å². The summed E-state index contributed by atoms with van der Waals surface area (Å²) in [7, 11) is 0. The first-order valence-electron chi connectivity index (χ1n) is 5.12. The van der Waals surface area contributed by atoms with Crippen LogP contribution in [0.1, 0.15) is 17.9 Å². The molecule has 0 amide bonds. The summed E-state index contributed by atoms with van der Waals surface area (Å²) in [6.07, 6.45) is 1.60. The zero-order valence-corrected chi connectivity index (χ0v) is 10.0. The fourth-order valence-electron chi connectivity index (χ4n) is 1.48. The van der Waals surface area contributed by atoms with Crippen LogP contribution in [0.3, 0.4) is 0 Å². The third-order valence-corrected chi connectivity index (χ3v) is 3.49. The molecule has 0 spiro atoms. The first-order chi connectivity index (χ1) is 8.18. The highest BCUT2D eigenvalue weighted by Crippen LogP contribution is 2.39. The molecule has 0 radical (unpaired) electrons. The molecule has 1 aromatic carbocycles. The van der Waals surface area contributed by atoms with Gasteiger partial charge in [0.05, 0.1) is 21.3 Å². The van der Waals surface area contributed by atoms with Crippen molar-refractivity contribution in [2.24, 2.45) is 0 Å². The molecule has 1 aromatic heterocycles. The van der Waals surface area contributed by atoms with Gasteiger partial charge in [-0.2, -0.15) is 0 Å². The summed E-state index contributed by atoms with van der Waals surface area (Å²) >= 11 is 1.42. The maximum absolute atomic E-state index is 10.9. The number of hydrogen-bond donors (Lipinski definition) is 0. The molecule has 0 aliphatic heterocycles. The van der Waals surface area contributed by atoms with Crippen molar-refractivity contribution in [2.45, 2.75) is 17.1 Å². The van der Waals surface area contributed by atoms with E-state index in [0.29, 0.717) is 4.90 Å². The molecule has 0 bridgehead atoms.